The Morgan fingerprint density at radius 3 is 2.30 bits per heavy atom. The molecule has 2 N–H and O–H groups in total. The normalized spacial score (nSPS) is 12.4. The molecule has 2 aromatic carbocycles. The van der Waals surface area contributed by atoms with Crippen LogP contribution in [0.5, 0.6) is 0 Å². The summed E-state index contributed by atoms with van der Waals surface area (Å²) >= 11 is 1.17. The van der Waals surface area contributed by atoms with Crippen LogP contribution in [0.3, 0.4) is 0 Å². The van der Waals surface area contributed by atoms with E-state index in [4.69, 9.17) is 0 Å². The molecule has 0 bridgehead atoms. The van der Waals surface area contributed by atoms with Crippen LogP contribution in [0.25, 0.3) is 0 Å². The monoisotopic (exact) mass is 442 g/mol. The second kappa shape index (κ2) is 10.5. The highest BCUT2D eigenvalue weighted by atomic mass is 32.2. The van der Waals surface area contributed by atoms with Gasteiger partial charge in [-0.25, -0.2) is 13.1 Å². The number of sulfonamides is 1. The fourth-order valence-corrected chi connectivity index (χ4v) is 5.76. The van der Waals surface area contributed by atoms with E-state index in [2.05, 4.69) is 22.2 Å². The largest absolute Gasteiger partial charge is 0.351 e. The van der Waals surface area contributed by atoms with Crippen molar-refractivity contribution in [2.45, 2.75) is 43.0 Å². The summed E-state index contributed by atoms with van der Waals surface area (Å²) in [5.74, 6) is -0.145. The predicted octanol–water partition coefficient (Wildman–Crippen LogP) is 4.43. The van der Waals surface area contributed by atoms with Crippen LogP contribution < -0.4 is 10.0 Å². The zero-order valence-corrected chi connectivity index (χ0v) is 18.5. The summed E-state index contributed by atoms with van der Waals surface area (Å²) in [6.07, 6.45) is 2.46. The molecule has 0 aliphatic rings. The van der Waals surface area contributed by atoms with Gasteiger partial charge in [0.25, 0.3) is 10.0 Å². The molecule has 1 unspecified atom stereocenters. The topological polar surface area (TPSA) is 75.3 Å². The summed E-state index contributed by atoms with van der Waals surface area (Å²) in [6.45, 7) is 1.77. The summed E-state index contributed by atoms with van der Waals surface area (Å²) < 4.78 is 29.2. The number of hydrogen-bond donors (Lipinski definition) is 2. The molecule has 3 aromatic rings. The molecular weight excluding hydrogens is 416 g/mol. The highest BCUT2D eigenvalue weighted by Crippen LogP contribution is 2.26. The zero-order valence-electron chi connectivity index (χ0n) is 16.9. The Morgan fingerprint density at radius 1 is 0.967 bits per heavy atom. The minimum Gasteiger partial charge on any atom is -0.351 e. The fourth-order valence-electron chi connectivity index (χ4n) is 3.19. The number of thiophene rings is 1. The number of hydrogen-bond acceptors (Lipinski definition) is 4. The van der Waals surface area contributed by atoms with Gasteiger partial charge in [0, 0.05) is 17.8 Å². The van der Waals surface area contributed by atoms with Crippen LogP contribution in [0.1, 0.15) is 41.8 Å². The fraction of sp³-hybridized carbons (Fsp3) is 0.261. The number of nitrogens with one attached hydrogen (secondary N) is 2. The molecule has 158 valence electrons. The third kappa shape index (κ3) is 6.52. The Hall–Kier alpha value is -2.48. The highest BCUT2D eigenvalue weighted by Gasteiger charge is 2.23. The van der Waals surface area contributed by atoms with Gasteiger partial charge in [0.1, 0.15) is 4.21 Å². The second-order valence-electron chi connectivity index (χ2n) is 7.09. The molecule has 0 aliphatic heterocycles. The summed E-state index contributed by atoms with van der Waals surface area (Å²) in [6, 6.07) is 22.9. The van der Waals surface area contributed by atoms with Crippen molar-refractivity contribution in [1.29, 1.82) is 0 Å². The summed E-state index contributed by atoms with van der Waals surface area (Å²) in [5.41, 5.74) is 2.19. The van der Waals surface area contributed by atoms with E-state index in [1.54, 1.807) is 12.1 Å². The van der Waals surface area contributed by atoms with Gasteiger partial charge in [0.2, 0.25) is 5.91 Å². The number of carbonyl (C=O) groups is 1. The molecule has 7 heteroatoms. The van der Waals surface area contributed by atoms with Gasteiger partial charge >= 0.3 is 0 Å². The van der Waals surface area contributed by atoms with Gasteiger partial charge in [-0.15, -0.1) is 11.3 Å². The van der Waals surface area contributed by atoms with Crippen LogP contribution in [0.2, 0.25) is 0 Å². The van der Waals surface area contributed by atoms with Crippen molar-refractivity contribution in [2.24, 2.45) is 0 Å². The number of carbonyl (C=O) groups excluding carboxylic acids is 1. The standard InChI is InChI=1S/C23H26N2O3S2/c1-18(26)24-17-21-15-16-23(29-21)30(27,28)25-22(20-12-6-3-7-13-20)14-8-11-19-9-4-2-5-10-19/h2-7,9-10,12-13,15-16,22,25H,8,11,14,17H2,1H3,(H,24,26). The van der Waals surface area contributed by atoms with E-state index >= 15 is 0 Å². The molecule has 0 fully saturated rings. The Morgan fingerprint density at radius 2 is 1.63 bits per heavy atom. The van der Waals surface area contributed by atoms with Gasteiger partial charge in [-0.1, -0.05) is 60.7 Å². The minimum atomic E-state index is -3.66. The third-order valence-corrected chi connectivity index (χ3v) is 7.76. The van der Waals surface area contributed by atoms with E-state index in [9.17, 15) is 13.2 Å². The highest BCUT2D eigenvalue weighted by molar-refractivity contribution is 7.91. The number of amides is 1. The van der Waals surface area contributed by atoms with E-state index in [0.717, 1.165) is 23.3 Å². The van der Waals surface area contributed by atoms with Gasteiger partial charge in [0.05, 0.1) is 6.54 Å². The van der Waals surface area contributed by atoms with E-state index in [0.29, 0.717) is 13.0 Å². The Balaban J connectivity index is 1.70. The van der Waals surface area contributed by atoms with Crippen molar-refractivity contribution in [3.05, 3.63) is 88.8 Å². The van der Waals surface area contributed by atoms with Gasteiger partial charge in [-0.3, -0.25) is 4.79 Å². The van der Waals surface area contributed by atoms with Crippen molar-refractivity contribution < 1.29 is 13.2 Å². The maximum atomic E-state index is 13.0. The van der Waals surface area contributed by atoms with Crippen molar-refractivity contribution >= 4 is 27.3 Å². The molecule has 1 heterocycles. The van der Waals surface area contributed by atoms with Crippen molar-refractivity contribution in [1.82, 2.24) is 10.0 Å². The molecule has 5 nitrogen and oxygen atoms in total. The van der Waals surface area contributed by atoms with Gasteiger partial charge in [-0.2, -0.15) is 0 Å². The average Bonchev–Trinajstić information content (AvgIpc) is 3.23. The molecule has 1 amide bonds. The van der Waals surface area contributed by atoms with Crippen molar-refractivity contribution in [3.8, 4) is 0 Å². The Labute approximate surface area is 182 Å². The van der Waals surface area contributed by atoms with Crippen LogP contribution in [-0.2, 0) is 27.8 Å². The van der Waals surface area contributed by atoms with Gasteiger partial charge in [-0.05, 0) is 42.5 Å². The summed E-state index contributed by atoms with van der Waals surface area (Å²) in [5, 5.41) is 2.69. The number of aryl methyl sites for hydroxylation is 1. The maximum Gasteiger partial charge on any atom is 0.250 e. The molecule has 0 saturated carbocycles. The molecule has 1 aromatic heterocycles. The lowest BCUT2D eigenvalue weighted by Crippen LogP contribution is -2.28. The lowest BCUT2D eigenvalue weighted by atomic mass is 10.00. The molecule has 1 atom stereocenters. The quantitative estimate of drug-likeness (QED) is 0.488. The molecule has 0 spiro atoms. The summed E-state index contributed by atoms with van der Waals surface area (Å²) in [7, 11) is -3.66. The lowest BCUT2D eigenvalue weighted by molar-refractivity contribution is -0.119. The predicted molar refractivity (Wildman–Crippen MR) is 121 cm³/mol. The average molecular weight is 443 g/mol. The first-order chi connectivity index (χ1) is 14.4. The molecule has 3 rings (SSSR count). The molecule has 30 heavy (non-hydrogen) atoms. The van der Waals surface area contributed by atoms with E-state index in [-0.39, 0.29) is 16.2 Å². The van der Waals surface area contributed by atoms with Crippen molar-refractivity contribution in [2.75, 3.05) is 0 Å². The van der Waals surface area contributed by atoms with Gasteiger partial charge < -0.3 is 5.32 Å². The molecular formula is C23H26N2O3S2. The molecule has 0 aliphatic carbocycles. The van der Waals surface area contributed by atoms with Gasteiger partial charge in [0.15, 0.2) is 0 Å². The summed E-state index contributed by atoms with van der Waals surface area (Å²) in [4.78, 5) is 11.9. The van der Waals surface area contributed by atoms with Crippen LogP contribution >= 0.6 is 11.3 Å². The van der Waals surface area contributed by atoms with E-state index < -0.39 is 10.0 Å². The number of rotatable bonds is 10. The first kappa shape index (κ1) is 22.2. The molecule has 0 saturated heterocycles. The van der Waals surface area contributed by atoms with Crippen LogP contribution in [0.4, 0.5) is 0 Å². The van der Waals surface area contributed by atoms with Crippen LogP contribution in [-0.4, -0.2) is 14.3 Å². The zero-order chi connectivity index (χ0) is 21.4. The SMILES string of the molecule is CC(=O)NCc1ccc(S(=O)(=O)NC(CCCc2ccccc2)c2ccccc2)s1. The minimum absolute atomic E-state index is 0.145. The first-order valence-electron chi connectivity index (χ1n) is 9.88. The smallest absolute Gasteiger partial charge is 0.250 e. The van der Waals surface area contributed by atoms with Crippen LogP contribution in [0, 0.1) is 0 Å². The maximum absolute atomic E-state index is 13.0. The lowest BCUT2D eigenvalue weighted by Gasteiger charge is -2.19. The van der Waals surface area contributed by atoms with E-state index in [1.165, 1.54) is 23.8 Å². The Bertz CT molecular complexity index is 1050. The number of benzene rings is 2. The van der Waals surface area contributed by atoms with Crippen LogP contribution in [0.15, 0.2) is 77.0 Å². The Kier molecular flexibility index (Phi) is 7.79. The van der Waals surface area contributed by atoms with Crippen molar-refractivity contribution in [3.63, 3.8) is 0 Å². The third-order valence-electron chi connectivity index (χ3n) is 4.71. The molecule has 0 radical (unpaired) electrons. The van der Waals surface area contributed by atoms with E-state index in [1.807, 2.05) is 48.5 Å². The first-order valence-corrected chi connectivity index (χ1v) is 12.2. The second-order valence-corrected chi connectivity index (χ2v) is 10.2.